The average molecular weight is 705 g/mol. The van der Waals surface area contributed by atoms with Crippen LogP contribution in [0.1, 0.15) is 83.7 Å². The van der Waals surface area contributed by atoms with E-state index in [4.69, 9.17) is 4.98 Å². The first-order valence-corrected chi connectivity index (χ1v) is 19.5. The Morgan fingerprint density at radius 1 is 0.593 bits per heavy atom. The Hall–Kier alpha value is -5.55. The molecule has 0 fully saturated rings. The topological polar surface area (TPSA) is 24.3 Å². The standard InChI is InChI=1S/C49H49BN4/c1-31(2)33-19-24-38(25-20-33)54-42-30-35(49(7,8)9)23-28-40(42)50-44-43(29-32(3)51-47(44)54)52(37-26-21-34(22-27-37)48(4,5)6)45-39-17-13-14-18-41(39)53(46(45)50)36-15-11-10-12-16-36/h10-31H,1-9H3. The molecular formula is C49H49BN4. The third-order valence-electron chi connectivity index (χ3n) is 11.5. The van der Waals surface area contributed by atoms with Gasteiger partial charge in [0.05, 0.1) is 11.2 Å². The second kappa shape index (κ2) is 12.2. The van der Waals surface area contributed by atoms with Gasteiger partial charge < -0.3 is 9.47 Å². The molecule has 7 aromatic rings. The quantitative estimate of drug-likeness (QED) is 0.171. The van der Waals surface area contributed by atoms with Crippen molar-refractivity contribution in [3.05, 3.63) is 150 Å². The molecule has 268 valence electrons. The summed E-state index contributed by atoms with van der Waals surface area (Å²) in [6.07, 6.45) is 0. The van der Waals surface area contributed by atoms with Crippen LogP contribution in [0.15, 0.2) is 127 Å². The summed E-state index contributed by atoms with van der Waals surface area (Å²) in [5.74, 6) is 1.45. The molecule has 5 heteroatoms. The summed E-state index contributed by atoms with van der Waals surface area (Å²) in [5, 5.41) is 1.23. The molecule has 4 heterocycles. The van der Waals surface area contributed by atoms with Gasteiger partial charge in [-0.1, -0.05) is 128 Å². The van der Waals surface area contributed by atoms with Crippen molar-refractivity contribution in [2.75, 3.05) is 9.80 Å². The number of para-hydroxylation sites is 2. The Morgan fingerprint density at radius 3 is 1.87 bits per heavy atom. The fourth-order valence-electron chi connectivity index (χ4n) is 8.65. The highest BCUT2D eigenvalue weighted by molar-refractivity contribution is 7.00. The highest BCUT2D eigenvalue weighted by Crippen LogP contribution is 2.47. The summed E-state index contributed by atoms with van der Waals surface area (Å²) >= 11 is 0. The third-order valence-corrected chi connectivity index (χ3v) is 11.5. The van der Waals surface area contributed by atoms with Gasteiger partial charge in [-0.3, -0.25) is 4.90 Å². The minimum Gasteiger partial charge on any atom is -0.319 e. The first kappa shape index (κ1) is 34.2. The predicted molar refractivity (Wildman–Crippen MR) is 231 cm³/mol. The normalized spacial score (nSPS) is 13.7. The summed E-state index contributed by atoms with van der Waals surface area (Å²) in [6, 6.07) is 47.8. The second-order valence-electron chi connectivity index (χ2n) is 17.6. The summed E-state index contributed by atoms with van der Waals surface area (Å²) in [5.41, 5.74) is 17.0. The molecule has 0 bridgehead atoms. The number of pyridine rings is 1. The molecule has 0 saturated carbocycles. The molecule has 2 aromatic heterocycles. The van der Waals surface area contributed by atoms with E-state index in [9.17, 15) is 0 Å². The molecule has 0 saturated heterocycles. The Balaban J connectivity index is 1.43. The van der Waals surface area contributed by atoms with Crippen molar-refractivity contribution in [3.63, 3.8) is 0 Å². The minimum absolute atomic E-state index is 0.0274. The van der Waals surface area contributed by atoms with Gasteiger partial charge in [0.15, 0.2) is 0 Å². The van der Waals surface area contributed by atoms with Crippen molar-refractivity contribution >= 4 is 68.4 Å². The lowest BCUT2D eigenvalue weighted by Crippen LogP contribution is -2.63. The van der Waals surface area contributed by atoms with Gasteiger partial charge in [0.2, 0.25) is 0 Å². The highest BCUT2D eigenvalue weighted by Gasteiger charge is 2.47. The third kappa shape index (κ3) is 5.31. The molecule has 9 rings (SSSR count). The van der Waals surface area contributed by atoms with Gasteiger partial charge in [-0.15, -0.1) is 0 Å². The van der Waals surface area contributed by atoms with E-state index in [1.165, 1.54) is 61.2 Å². The lowest BCUT2D eigenvalue weighted by molar-refractivity contribution is 0.590. The average Bonchev–Trinajstić information content (AvgIpc) is 3.49. The lowest BCUT2D eigenvalue weighted by Gasteiger charge is -2.43. The number of nitrogens with zero attached hydrogens (tertiary/aromatic N) is 4. The number of hydrogen-bond donors (Lipinski definition) is 0. The van der Waals surface area contributed by atoms with E-state index in [-0.39, 0.29) is 17.5 Å². The second-order valence-corrected chi connectivity index (χ2v) is 17.6. The Labute approximate surface area is 321 Å². The van der Waals surface area contributed by atoms with E-state index in [1.807, 2.05) is 0 Å². The molecule has 0 aliphatic carbocycles. The van der Waals surface area contributed by atoms with E-state index in [2.05, 4.69) is 204 Å². The molecular weight excluding hydrogens is 655 g/mol. The zero-order valence-corrected chi connectivity index (χ0v) is 33.1. The van der Waals surface area contributed by atoms with Crippen molar-refractivity contribution < 1.29 is 0 Å². The molecule has 5 aromatic carbocycles. The Bertz CT molecular complexity index is 2550. The monoisotopic (exact) mass is 704 g/mol. The molecule has 0 unspecified atom stereocenters. The first-order chi connectivity index (χ1) is 25.8. The number of fused-ring (bicyclic) bond motifs is 6. The zero-order valence-electron chi connectivity index (χ0n) is 33.1. The number of anilines is 6. The van der Waals surface area contributed by atoms with Gasteiger partial charge in [0.1, 0.15) is 5.82 Å². The van der Waals surface area contributed by atoms with Crippen LogP contribution in [-0.4, -0.2) is 16.3 Å². The lowest BCUT2D eigenvalue weighted by atomic mass is 9.35. The van der Waals surface area contributed by atoms with Crippen molar-refractivity contribution in [3.8, 4) is 5.69 Å². The van der Waals surface area contributed by atoms with Crippen LogP contribution in [0.3, 0.4) is 0 Å². The maximum absolute atomic E-state index is 5.51. The Morgan fingerprint density at radius 2 is 1.20 bits per heavy atom. The molecule has 0 radical (unpaired) electrons. The summed E-state index contributed by atoms with van der Waals surface area (Å²) in [7, 11) is 0. The van der Waals surface area contributed by atoms with Gasteiger partial charge in [-0.2, -0.15) is 0 Å². The van der Waals surface area contributed by atoms with Gasteiger partial charge in [-0.05, 0) is 106 Å². The van der Waals surface area contributed by atoms with Gasteiger partial charge in [0, 0.05) is 45.1 Å². The van der Waals surface area contributed by atoms with E-state index in [1.54, 1.807) is 0 Å². The summed E-state index contributed by atoms with van der Waals surface area (Å²) in [4.78, 5) is 10.5. The number of rotatable bonds is 4. The van der Waals surface area contributed by atoms with E-state index in [0.29, 0.717) is 5.92 Å². The maximum atomic E-state index is 5.51. The van der Waals surface area contributed by atoms with Crippen molar-refractivity contribution in [1.29, 1.82) is 0 Å². The van der Waals surface area contributed by atoms with Crippen molar-refractivity contribution in [2.45, 2.75) is 79.1 Å². The van der Waals surface area contributed by atoms with Crippen molar-refractivity contribution in [2.24, 2.45) is 0 Å². The van der Waals surface area contributed by atoms with E-state index >= 15 is 0 Å². The SMILES string of the molecule is Cc1cc2c3c(n1)N(c1ccc(C(C)C)cc1)c1cc(C(C)(C)C)ccc1B3c1c(c3ccccc3n1-c1ccccc1)N2c1ccc(C(C)(C)C)cc1. The molecule has 2 aliphatic rings. The van der Waals surface area contributed by atoms with Crippen LogP contribution in [0.25, 0.3) is 16.6 Å². The van der Waals surface area contributed by atoms with E-state index in [0.717, 1.165) is 28.6 Å². The van der Waals surface area contributed by atoms with Gasteiger partial charge >= 0.3 is 0 Å². The highest BCUT2D eigenvalue weighted by atomic mass is 15.2. The van der Waals surface area contributed by atoms with Gasteiger partial charge in [0.25, 0.3) is 6.71 Å². The Kier molecular flexibility index (Phi) is 7.76. The molecule has 0 spiro atoms. The van der Waals surface area contributed by atoms with E-state index < -0.39 is 0 Å². The molecule has 0 N–H and O–H groups in total. The van der Waals surface area contributed by atoms with Gasteiger partial charge in [-0.25, -0.2) is 4.98 Å². The predicted octanol–water partition coefficient (Wildman–Crippen LogP) is 11.1. The number of benzene rings is 5. The summed E-state index contributed by atoms with van der Waals surface area (Å²) < 4.78 is 2.52. The van der Waals surface area contributed by atoms with Crippen LogP contribution in [0.2, 0.25) is 0 Å². The van der Waals surface area contributed by atoms with Crippen LogP contribution in [0.4, 0.5) is 34.3 Å². The van der Waals surface area contributed by atoms with Crippen molar-refractivity contribution in [1.82, 2.24) is 9.55 Å². The molecule has 4 nitrogen and oxygen atoms in total. The molecule has 0 amide bonds. The maximum Gasteiger partial charge on any atom is 0.275 e. The number of aromatic nitrogens is 2. The van der Waals surface area contributed by atoms with Crippen LogP contribution >= 0.6 is 0 Å². The van der Waals surface area contributed by atoms with Crippen LogP contribution in [0.5, 0.6) is 0 Å². The number of hydrogen-bond acceptors (Lipinski definition) is 3. The van der Waals surface area contributed by atoms with Crippen LogP contribution < -0.4 is 26.3 Å². The minimum atomic E-state index is -0.0639. The van der Waals surface area contributed by atoms with Crippen LogP contribution in [-0.2, 0) is 10.8 Å². The fraction of sp³-hybridized carbons (Fsp3) is 0.245. The van der Waals surface area contributed by atoms with Crippen LogP contribution in [0, 0.1) is 6.92 Å². The smallest absolute Gasteiger partial charge is 0.275 e. The number of aryl methyl sites for hydroxylation is 1. The molecule has 54 heavy (non-hydrogen) atoms. The first-order valence-electron chi connectivity index (χ1n) is 19.5. The largest absolute Gasteiger partial charge is 0.319 e. The fourth-order valence-corrected chi connectivity index (χ4v) is 8.65. The summed E-state index contributed by atoms with van der Waals surface area (Å²) in [6.45, 7) is 20.4. The molecule has 0 atom stereocenters. The molecule has 2 aliphatic heterocycles. The zero-order chi connectivity index (χ0) is 37.7.